The van der Waals surface area contributed by atoms with Gasteiger partial charge in [0.2, 0.25) is 0 Å². The normalized spacial score (nSPS) is 8.43. The molecule has 1 aromatic heterocycles. The van der Waals surface area contributed by atoms with Crippen molar-refractivity contribution in [2.24, 2.45) is 0 Å². The van der Waals surface area contributed by atoms with Crippen LogP contribution in [0.4, 0.5) is 5.82 Å². The van der Waals surface area contributed by atoms with Crippen LogP contribution >= 0.6 is 11.3 Å². The van der Waals surface area contributed by atoms with Gasteiger partial charge < -0.3 is 15.5 Å². The summed E-state index contributed by atoms with van der Waals surface area (Å²) in [5.41, 5.74) is 7.30. The minimum atomic E-state index is -0.451. The Morgan fingerprint density at radius 3 is 2.57 bits per heavy atom. The number of thiazole rings is 1. The molecule has 1 aromatic rings. The van der Waals surface area contributed by atoms with Gasteiger partial charge in [0.25, 0.3) is 0 Å². The third kappa shape index (κ3) is 4.47. The number of nitrogens with one attached hydrogen (secondary N) is 1. The first-order valence-electron chi connectivity index (χ1n) is 3.51. The maximum atomic E-state index is 11.1. The summed E-state index contributed by atoms with van der Waals surface area (Å²) in [5, 5.41) is 0.711. The molecule has 4 nitrogen and oxygen atoms in total. The summed E-state index contributed by atoms with van der Waals surface area (Å²) in [6.45, 7) is 3.82. The van der Waals surface area contributed by atoms with Gasteiger partial charge in [-0.1, -0.05) is 0 Å². The molecule has 0 unspecified atom stereocenters. The molecule has 0 aromatic carbocycles. The Kier molecular flexibility index (Phi) is 9.67. The average molecular weight is 458 g/mol. The molecule has 0 atom stereocenters. The minimum absolute atomic E-state index is 0. The smallest absolute Gasteiger partial charge is 0.348 e. The number of aromatic nitrogens is 1. The summed E-state index contributed by atoms with van der Waals surface area (Å²) in [7, 11) is 0. The van der Waals surface area contributed by atoms with Gasteiger partial charge in [-0.05, 0) is 24.7 Å². The largest absolute Gasteiger partial charge is 0.481 e. The molecule has 0 fully saturated rings. The monoisotopic (exact) mass is 458 g/mol. The van der Waals surface area contributed by atoms with Crippen molar-refractivity contribution in [2.45, 2.75) is 13.8 Å². The molecule has 1 rings (SSSR count). The molecule has 0 aliphatic rings. The number of esters is 1. The third-order valence-corrected chi connectivity index (χ3v) is 2.15. The Bertz CT molecular complexity index is 306. The first-order valence-corrected chi connectivity index (χ1v) is 4.33. The number of aryl methyl sites for hydroxylation is 1. The molecule has 7 heteroatoms. The maximum Gasteiger partial charge on any atom is 0.348 e. The first kappa shape index (κ1) is 17.1. The molecule has 0 saturated heterocycles. The van der Waals surface area contributed by atoms with Crippen molar-refractivity contribution in [3.8, 4) is 0 Å². The maximum absolute atomic E-state index is 11.1. The van der Waals surface area contributed by atoms with E-state index in [4.69, 9.17) is 10.5 Å². The van der Waals surface area contributed by atoms with Crippen LogP contribution in [0.3, 0.4) is 0 Å². The van der Waals surface area contributed by atoms with E-state index in [2.05, 4.69) is 4.98 Å². The molecule has 1 radical (unpaired) electrons. The van der Waals surface area contributed by atoms with Gasteiger partial charge in [0.1, 0.15) is 4.88 Å². The van der Waals surface area contributed by atoms with Crippen molar-refractivity contribution < 1.29 is 63.3 Å². The van der Waals surface area contributed by atoms with Crippen LogP contribution in [0.1, 0.15) is 21.6 Å². The fraction of sp³-hybridized carbons (Fsp3) is 0.429. The van der Waals surface area contributed by atoms with E-state index in [1.54, 1.807) is 13.8 Å². The number of hydrogen-bond acceptors (Lipinski definition) is 4. The van der Waals surface area contributed by atoms with E-state index < -0.39 is 5.97 Å². The summed E-state index contributed by atoms with van der Waals surface area (Å²) in [4.78, 5) is 15.2. The number of carbonyl (C=O) groups is 1. The fourth-order valence-corrected chi connectivity index (χ4v) is 1.48. The Morgan fingerprint density at radius 2 is 2.21 bits per heavy atom. The standard InChI is InChI=1S/C7H10N2O2S.W.Y/c1-3-11-7(10)5-6(8)9-4(2)12-5;;/h3H2,1-2H3,(H2,8,10);;/p-1. The molecule has 0 bridgehead atoms. The molecular formula is C7H9N2O2SWY-. The van der Waals surface area contributed by atoms with Gasteiger partial charge >= 0.3 is 5.97 Å². The molecular weight excluding hydrogens is 449 g/mol. The molecule has 0 aliphatic carbocycles. The predicted octanol–water partition coefficient (Wildman–Crippen LogP) is 2.31. The molecule has 75 valence electrons. The average Bonchev–Trinajstić information content (AvgIpc) is 2.30. The van der Waals surface area contributed by atoms with Crippen LogP contribution in [0.2, 0.25) is 0 Å². The van der Waals surface area contributed by atoms with Crippen LogP contribution in [0.25, 0.3) is 5.73 Å². The molecule has 0 amide bonds. The van der Waals surface area contributed by atoms with Crippen LogP contribution in [0.15, 0.2) is 0 Å². The second-order valence-electron chi connectivity index (χ2n) is 2.13. The molecule has 0 saturated carbocycles. The van der Waals surface area contributed by atoms with E-state index in [-0.39, 0.29) is 64.5 Å². The van der Waals surface area contributed by atoms with E-state index in [9.17, 15) is 4.79 Å². The fourth-order valence-electron chi connectivity index (χ4n) is 0.762. The Hall–Kier alpha value is 0.692. The van der Waals surface area contributed by atoms with E-state index in [0.717, 1.165) is 0 Å². The van der Waals surface area contributed by atoms with Crippen molar-refractivity contribution in [3.05, 3.63) is 15.6 Å². The van der Waals surface area contributed by atoms with Crippen molar-refractivity contribution in [2.75, 3.05) is 6.61 Å². The summed E-state index contributed by atoms with van der Waals surface area (Å²) in [6, 6.07) is 0. The number of nitrogens with zero attached hydrogens (tertiary/aromatic N) is 1. The third-order valence-electron chi connectivity index (χ3n) is 1.19. The molecule has 1 N–H and O–H groups in total. The molecule has 1 heterocycles. The van der Waals surface area contributed by atoms with Crippen LogP contribution < -0.4 is 0 Å². The first-order chi connectivity index (χ1) is 5.65. The van der Waals surface area contributed by atoms with Crippen LogP contribution in [0, 0.1) is 6.92 Å². The van der Waals surface area contributed by atoms with E-state index >= 15 is 0 Å². The second-order valence-corrected chi connectivity index (χ2v) is 3.33. The van der Waals surface area contributed by atoms with E-state index in [1.165, 1.54) is 11.3 Å². The van der Waals surface area contributed by atoms with Gasteiger partial charge in [-0.25, -0.2) is 4.79 Å². The molecule has 14 heavy (non-hydrogen) atoms. The van der Waals surface area contributed by atoms with Gasteiger partial charge in [-0.15, -0.1) is 11.3 Å². The summed E-state index contributed by atoms with van der Waals surface area (Å²) in [5.74, 6) is -0.441. The number of hydrogen-bond donors (Lipinski definition) is 0. The van der Waals surface area contributed by atoms with Crippen molar-refractivity contribution in [1.82, 2.24) is 4.98 Å². The quantitative estimate of drug-likeness (QED) is 0.640. The van der Waals surface area contributed by atoms with Gasteiger partial charge in [0.15, 0.2) is 0 Å². The summed E-state index contributed by atoms with van der Waals surface area (Å²) in [6.07, 6.45) is 0. The zero-order valence-electron chi connectivity index (χ0n) is 7.86. The Balaban J connectivity index is 0. The number of ether oxygens (including phenoxy) is 1. The van der Waals surface area contributed by atoms with Crippen LogP contribution in [0.5, 0.6) is 0 Å². The second kappa shape index (κ2) is 7.92. The molecule has 0 spiro atoms. The Labute approximate surface area is 126 Å². The SMILES string of the molecule is CCOC(=O)c1sc(C)nc1[NH-].[W].[Y]. The predicted molar refractivity (Wildman–Crippen MR) is 46.8 cm³/mol. The number of carbonyl (C=O) groups excluding carboxylic acids is 1. The van der Waals surface area contributed by atoms with Crippen molar-refractivity contribution in [1.29, 1.82) is 0 Å². The topological polar surface area (TPSA) is 63.0 Å². The minimum Gasteiger partial charge on any atom is -0.481 e. The van der Waals surface area contributed by atoms with Crippen LogP contribution in [-0.4, -0.2) is 17.6 Å². The summed E-state index contributed by atoms with van der Waals surface area (Å²) < 4.78 is 4.73. The Morgan fingerprint density at radius 1 is 1.64 bits per heavy atom. The van der Waals surface area contributed by atoms with Gasteiger partial charge in [-0.2, -0.15) is 0 Å². The number of rotatable bonds is 2. The molecule has 0 aliphatic heterocycles. The summed E-state index contributed by atoms with van der Waals surface area (Å²) >= 11 is 1.19. The zero-order valence-corrected chi connectivity index (χ0v) is 14.5. The van der Waals surface area contributed by atoms with Crippen molar-refractivity contribution in [3.63, 3.8) is 0 Å². The van der Waals surface area contributed by atoms with Gasteiger partial charge in [-0.3, -0.25) is 0 Å². The van der Waals surface area contributed by atoms with Gasteiger partial charge in [0.05, 0.1) is 6.61 Å². The van der Waals surface area contributed by atoms with Crippen LogP contribution in [-0.2, 0) is 58.5 Å². The van der Waals surface area contributed by atoms with E-state index in [1.807, 2.05) is 0 Å². The van der Waals surface area contributed by atoms with Gasteiger partial charge in [0, 0.05) is 53.8 Å². The van der Waals surface area contributed by atoms with E-state index in [0.29, 0.717) is 11.6 Å². The van der Waals surface area contributed by atoms with Crippen molar-refractivity contribution >= 4 is 23.1 Å². The zero-order chi connectivity index (χ0) is 9.14.